The largest absolute Gasteiger partial charge is 0.336 e. The number of carbonyl (C=O) groups excluding carboxylic acids is 1. The SMILES string of the molecule is CCCCn1nc(C)c2c(C(=O)N3CCN(S(=O)(=O)c4ccccc4)CC3)cc(C3CC3)nc21. The Bertz CT molecular complexity index is 1310. The van der Waals surface area contributed by atoms with Crippen LogP contribution in [-0.2, 0) is 16.6 Å². The van der Waals surface area contributed by atoms with Gasteiger partial charge in [0, 0.05) is 44.3 Å². The number of hydrogen-bond donors (Lipinski definition) is 0. The number of amides is 1. The van der Waals surface area contributed by atoms with Crippen LogP contribution in [0.1, 0.15) is 60.3 Å². The predicted octanol–water partition coefficient (Wildman–Crippen LogP) is 3.56. The van der Waals surface area contributed by atoms with E-state index in [2.05, 4.69) is 6.92 Å². The van der Waals surface area contributed by atoms with E-state index < -0.39 is 10.0 Å². The third kappa shape index (κ3) is 4.22. The predicted molar refractivity (Wildman–Crippen MR) is 130 cm³/mol. The summed E-state index contributed by atoms with van der Waals surface area (Å²) in [4.78, 5) is 20.7. The fraction of sp³-hybridized carbons (Fsp3) is 0.480. The molecule has 1 aliphatic heterocycles. The lowest BCUT2D eigenvalue weighted by Gasteiger charge is -2.34. The van der Waals surface area contributed by atoms with E-state index in [1.54, 1.807) is 35.2 Å². The first-order valence-electron chi connectivity index (χ1n) is 12.1. The van der Waals surface area contributed by atoms with Crippen molar-refractivity contribution in [3.05, 3.63) is 53.3 Å². The van der Waals surface area contributed by atoms with Gasteiger partial charge < -0.3 is 4.90 Å². The van der Waals surface area contributed by atoms with Gasteiger partial charge in [0.15, 0.2) is 5.65 Å². The highest BCUT2D eigenvalue weighted by atomic mass is 32.2. The van der Waals surface area contributed by atoms with Gasteiger partial charge in [0.1, 0.15) is 0 Å². The number of sulfonamides is 1. The molecule has 2 fully saturated rings. The van der Waals surface area contributed by atoms with E-state index in [0.717, 1.165) is 54.6 Å². The molecule has 3 heterocycles. The summed E-state index contributed by atoms with van der Waals surface area (Å²) in [5, 5.41) is 5.53. The van der Waals surface area contributed by atoms with Gasteiger partial charge in [-0.3, -0.25) is 4.79 Å². The Morgan fingerprint density at radius 1 is 1.09 bits per heavy atom. The van der Waals surface area contributed by atoms with Crippen LogP contribution in [0.15, 0.2) is 41.3 Å². The molecule has 2 aliphatic rings. The lowest BCUT2D eigenvalue weighted by atomic mass is 10.1. The first kappa shape index (κ1) is 23.0. The van der Waals surface area contributed by atoms with Crippen molar-refractivity contribution in [3.8, 4) is 0 Å². The molecule has 1 aliphatic carbocycles. The molecule has 9 heteroatoms. The molecule has 1 saturated heterocycles. The van der Waals surface area contributed by atoms with Crippen molar-refractivity contribution < 1.29 is 13.2 Å². The highest BCUT2D eigenvalue weighted by Gasteiger charge is 2.33. The van der Waals surface area contributed by atoms with Crippen LogP contribution in [0.5, 0.6) is 0 Å². The molecular weight excluding hydrogens is 450 g/mol. The molecule has 0 spiro atoms. The normalized spacial score (nSPS) is 17.4. The molecular formula is C25H31N5O3S. The number of piperazine rings is 1. The Morgan fingerprint density at radius 2 is 1.79 bits per heavy atom. The molecule has 0 atom stereocenters. The number of aryl methyl sites for hydroxylation is 2. The van der Waals surface area contributed by atoms with Crippen LogP contribution in [0, 0.1) is 6.92 Å². The van der Waals surface area contributed by atoms with Gasteiger partial charge in [0.25, 0.3) is 5.91 Å². The maximum absolute atomic E-state index is 13.7. The van der Waals surface area contributed by atoms with Gasteiger partial charge >= 0.3 is 0 Å². The van der Waals surface area contributed by atoms with Gasteiger partial charge in [-0.1, -0.05) is 31.5 Å². The molecule has 180 valence electrons. The summed E-state index contributed by atoms with van der Waals surface area (Å²) < 4.78 is 29.4. The fourth-order valence-corrected chi connectivity index (χ4v) is 6.08. The number of benzene rings is 1. The molecule has 1 saturated carbocycles. The second-order valence-electron chi connectivity index (χ2n) is 9.24. The van der Waals surface area contributed by atoms with E-state index in [0.29, 0.717) is 24.6 Å². The van der Waals surface area contributed by atoms with E-state index in [9.17, 15) is 13.2 Å². The number of unbranched alkanes of at least 4 members (excludes halogenated alkanes) is 1. The standard InChI is InChI=1S/C25H31N5O3S/c1-3-4-12-30-24-23(18(2)27-30)21(17-22(26-24)19-10-11-19)25(31)28-13-15-29(16-14-28)34(32,33)20-8-6-5-7-9-20/h5-9,17,19H,3-4,10-16H2,1-2H3. The van der Waals surface area contributed by atoms with Crippen molar-refractivity contribution in [1.82, 2.24) is 24.0 Å². The second kappa shape index (κ2) is 9.11. The first-order chi connectivity index (χ1) is 16.4. The first-order valence-corrected chi connectivity index (χ1v) is 13.6. The van der Waals surface area contributed by atoms with Crippen molar-refractivity contribution in [2.75, 3.05) is 26.2 Å². The average molecular weight is 482 g/mol. The average Bonchev–Trinajstić information content (AvgIpc) is 3.67. The molecule has 8 nitrogen and oxygen atoms in total. The van der Waals surface area contributed by atoms with Crippen LogP contribution in [0.3, 0.4) is 0 Å². The van der Waals surface area contributed by atoms with Crippen molar-refractivity contribution >= 4 is 27.0 Å². The summed E-state index contributed by atoms with van der Waals surface area (Å²) >= 11 is 0. The Morgan fingerprint density at radius 3 is 2.44 bits per heavy atom. The Kier molecular flexibility index (Phi) is 6.16. The van der Waals surface area contributed by atoms with Crippen LogP contribution < -0.4 is 0 Å². The van der Waals surface area contributed by atoms with Crippen LogP contribution in [0.25, 0.3) is 11.0 Å². The number of pyridine rings is 1. The van der Waals surface area contributed by atoms with E-state index in [-0.39, 0.29) is 23.9 Å². The van der Waals surface area contributed by atoms with Crippen LogP contribution in [-0.4, -0.2) is 64.5 Å². The lowest BCUT2D eigenvalue weighted by Crippen LogP contribution is -2.50. The smallest absolute Gasteiger partial charge is 0.254 e. The maximum atomic E-state index is 13.7. The number of aromatic nitrogens is 3. The molecule has 0 bridgehead atoms. The Labute approximate surface area is 200 Å². The summed E-state index contributed by atoms with van der Waals surface area (Å²) in [6, 6.07) is 10.4. The molecule has 1 aromatic carbocycles. The highest BCUT2D eigenvalue weighted by Crippen LogP contribution is 2.40. The van der Waals surface area contributed by atoms with E-state index in [4.69, 9.17) is 10.1 Å². The molecule has 0 N–H and O–H groups in total. The van der Waals surface area contributed by atoms with E-state index in [1.165, 1.54) is 4.31 Å². The number of carbonyl (C=O) groups is 1. The monoisotopic (exact) mass is 481 g/mol. The van der Waals surface area contributed by atoms with Gasteiger partial charge in [0.2, 0.25) is 10.0 Å². The molecule has 2 aromatic heterocycles. The lowest BCUT2D eigenvalue weighted by molar-refractivity contribution is 0.0699. The van der Waals surface area contributed by atoms with Gasteiger partial charge in [0.05, 0.1) is 21.5 Å². The topological polar surface area (TPSA) is 88.4 Å². The van der Waals surface area contributed by atoms with E-state index in [1.807, 2.05) is 17.7 Å². The summed E-state index contributed by atoms with van der Waals surface area (Å²) in [6.45, 7) is 6.14. The molecule has 5 rings (SSSR count). The van der Waals surface area contributed by atoms with Gasteiger partial charge in [-0.2, -0.15) is 9.40 Å². The fourth-order valence-electron chi connectivity index (χ4n) is 4.64. The molecule has 1 amide bonds. The van der Waals surface area contributed by atoms with Crippen LogP contribution in [0.4, 0.5) is 0 Å². The van der Waals surface area contributed by atoms with Gasteiger partial charge in [-0.05, 0) is 44.4 Å². The third-order valence-electron chi connectivity index (χ3n) is 6.75. The molecule has 34 heavy (non-hydrogen) atoms. The zero-order valence-electron chi connectivity index (χ0n) is 19.8. The Hall–Kier alpha value is -2.78. The quantitative estimate of drug-likeness (QED) is 0.515. The van der Waals surface area contributed by atoms with Gasteiger partial charge in [-0.15, -0.1) is 0 Å². The number of nitrogens with zero attached hydrogens (tertiary/aromatic N) is 5. The zero-order valence-corrected chi connectivity index (χ0v) is 20.6. The maximum Gasteiger partial charge on any atom is 0.254 e. The Balaban J connectivity index is 1.41. The number of fused-ring (bicyclic) bond motifs is 1. The summed E-state index contributed by atoms with van der Waals surface area (Å²) in [6.07, 6.45) is 4.27. The molecule has 0 radical (unpaired) electrons. The molecule has 3 aromatic rings. The number of hydrogen-bond acceptors (Lipinski definition) is 5. The van der Waals surface area contributed by atoms with E-state index >= 15 is 0 Å². The summed E-state index contributed by atoms with van der Waals surface area (Å²) in [5.74, 6) is 0.350. The third-order valence-corrected chi connectivity index (χ3v) is 8.67. The van der Waals surface area contributed by atoms with Gasteiger partial charge in [-0.25, -0.2) is 18.1 Å². The van der Waals surface area contributed by atoms with Crippen LogP contribution >= 0.6 is 0 Å². The zero-order chi connectivity index (χ0) is 23.9. The minimum Gasteiger partial charge on any atom is -0.336 e. The minimum absolute atomic E-state index is 0.0656. The minimum atomic E-state index is -3.56. The highest BCUT2D eigenvalue weighted by molar-refractivity contribution is 7.89. The van der Waals surface area contributed by atoms with Crippen molar-refractivity contribution in [3.63, 3.8) is 0 Å². The summed E-state index contributed by atoms with van der Waals surface area (Å²) in [7, 11) is -3.56. The van der Waals surface area contributed by atoms with Crippen molar-refractivity contribution in [2.45, 2.75) is 56.9 Å². The van der Waals surface area contributed by atoms with Crippen molar-refractivity contribution in [1.29, 1.82) is 0 Å². The summed E-state index contributed by atoms with van der Waals surface area (Å²) in [5.41, 5.74) is 3.23. The number of rotatable bonds is 7. The van der Waals surface area contributed by atoms with Crippen LogP contribution in [0.2, 0.25) is 0 Å². The van der Waals surface area contributed by atoms with Crippen molar-refractivity contribution in [2.24, 2.45) is 0 Å². The molecule has 0 unspecified atom stereocenters. The second-order valence-corrected chi connectivity index (χ2v) is 11.2.